The SMILES string of the molecule is CC(C)NS(=O)(=O)c1ccc(NC(=O)C2CCC2)cc1. The summed E-state index contributed by atoms with van der Waals surface area (Å²) in [6, 6.07) is 6.08. The zero-order chi connectivity index (χ0) is 14.8. The highest BCUT2D eigenvalue weighted by molar-refractivity contribution is 7.89. The van der Waals surface area contributed by atoms with Gasteiger partial charge in [0.1, 0.15) is 0 Å². The molecule has 1 fully saturated rings. The number of hydrogen-bond acceptors (Lipinski definition) is 3. The predicted octanol–water partition coefficient (Wildman–Crippen LogP) is 2.11. The van der Waals surface area contributed by atoms with Crippen LogP contribution in [0.15, 0.2) is 29.2 Å². The number of benzene rings is 1. The van der Waals surface area contributed by atoms with Crippen molar-refractivity contribution in [1.82, 2.24) is 4.72 Å². The van der Waals surface area contributed by atoms with Crippen molar-refractivity contribution in [1.29, 1.82) is 0 Å². The summed E-state index contributed by atoms with van der Waals surface area (Å²) in [5, 5.41) is 2.81. The van der Waals surface area contributed by atoms with Gasteiger partial charge in [0.2, 0.25) is 15.9 Å². The summed E-state index contributed by atoms with van der Waals surface area (Å²) in [6.07, 6.45) is 2.99. The third kappa shape index (κ3) is 3.58. The van der Waals surface area contributed by atoms with E-state index >= 15 is 0 Å². The molecule has 5 nitrogen and oxygen atoms in total. The standard InChI is InChI=1S/C14H20N2O3S/c1-10(2)16-20(18,19)13-8-6-12(7-9-13)15-14(17)11-4-3-5-11/h6-11,16H,3-5H2,1-2H3,(H,15,17). The Kier molecular flexibility index (Phi) is 4.45. The number of sulfonamides is 1. The Balaban J connectivity index is 2.04. The molecule has 1 amide bonds. The lowest BCUT2D eigenvalue weighted by Crippen LogP contribution is -2.30. The van der Waals surface area contributed by atoms with E-state index in [4.69, 9.17) is 0 Å². The lowest BCUT2D eigenvalue weighted by molar-refractivity contribution is -0.122. The van der Waals surface area contributed by atoms with Crippen LogP contribution in [-0.4, -0.2) is 20.4 Å². The van der Waals surface area contributed by atoms with E-state index in [-0.39, 0.29) is 22.8 Å². The quantitative estimate of drug-likeness (QED) is 0.874. The van der Waals surface area contributed by atoms with Crippen LogP contribution in [0.2, 0.25) is 0 Å². The van der Waals surface area contributed by atoms with Crippen LogP contribution in [0.25, 0.3) is 0 Å². The van der Waals surface area contributed by atoms with E-state index in [2.05, 4.69) is 10.0 Å². The minimum Gasteiger partial charge on any atom is -0.326 e. The van der Waals surface area contributed by atoms with Gasteiger partial charge in [0.15, 0.2) is 0 Å². The molecule has 0 spiro atoms. The fourth-order valence-electron chi connectivity index (χ4n) is 2.01. The van der Waals surface area contributed by atoms with Gasteiger partial charge in [-0.15, -0.1) is 0 Å². The number of anilines is 1. The molecule has 1 aromatic rings. The molecule has 0 unspecified atom stereocenters. The first-order chi connectivity index (χ1) is 9.38. The maximum atomic E-state index is 11.9. The predicted molar refractivity (Wildman–Crippen MR) is 77.9 cm³/mol. The Morgan fingerprint density at radius 1 is 1.20 bits per heavy atom. The molecule has 0 bridgehead atoms. The zero-order valence-corrected chi connectivity index (χ0v) is 12.5. The molecule has 0 aliphatic heterocycles. The van der Waals surface area contributed by atoms with Crippen molar-refractivity contribution in [3.8, 4) is 0 Å². The highest BCUT2D eigenvalue weighted by atomic mass is 32.2. The van der Waals surface area contributed by atoms with Crippen LogP contribution in [0, 0.1) is 5.92 Å². The third-order valence-electron chi connectivity index (χ3n) is 3.30. The summed E-state index contributed by atoms with van der Waals surface area (Å²) >= 11 is 0. The van der Waals surface area contributed by atoms with Gasteiger partial charge in [0, 0.05) is 17.6 Å². The number of nitrogens with one attached hydrogen (secondary N) is 2. The van der Waals surface area contributed by atoms with E-state index in [1.165, 1.54) is 12.1 Å². The molecule has 0 radical (unpaired) electrons. The van der Waals surface area contributed by atoms with Crippen LogP contribution in [0.5, 0.6) is 0 Å². The maximum Gasteiger partial charge on any atom is 0.240 e. The van der Waals surface area contributed by atoms with Crippen molar-refractivity contribution >= 4 is 21.6 Å². The minimum atomic E-state index is -3.48. The molecule has 20 heavy (non-hydrogen) atoms. The first-order valence-corrected chi connectivity index (χ1v) is 8.30. The second-order valence-electron chi connectivity index (χ2n) is 5.42. The van der Waals surface area contributed by atoms with Crippen molar-refractivity contribution in [3.63, 3.8) is 0 Å². The van der Waals surface area contributed by atoms with Crippen LogP contribution in [0.3, 0.4) is 0 Å². The van der Waals surface area contributed by atoms with E-state index in [1.807, 2.05) is 0 Å². The Labute approximate surface area is 119 Å². The summed E-state index contributed by atoms with van der Waals surface area (Å²) in [6.45, 7) is 3.54. The maximum absolute atomic E-state index is 11.9. The average Bonchev–Trinajstić information content (AvgIpc) is 2.25. The number of carbonyl (C=O) groups excluding carboxylic acids is 1. The fourth-order valence-corrected chi connectivity index (χ4v) is 3.26. The average molecular weight is 296 g/mol. The Morgan fingerprint density at radius 2 is 1.80 bits per heavy atom. The summed E-state index contributed by atoms with van der Waals surface area (Å²) in [5.74, 6) is 0.133. The van der Waals surface area contributed by atoms with E-state index in [0.29, 0.717) is 5.69 Å². The third-order valence-corrected chi connectivity index (χ3v) is 4.97. The van der Waals surface area contributed by atoms with Gasteiger partial charge in [0.05, 0.1) is 4.90 Å². The molecule has 1 aliphatic carbocycles. The van der Waals surface area contributed by atoms with Gasteiger partial charge in [0.25, 0.3) is 0 Å². The van der Waals surface area contributed by atoms with Crippen molar-refractivity contribution in [2.75, 3.05) is 5.32 Å². The first-order valence-electron chi connectivity index (χ1n) is 6.82. The van der Waals surface area contributed by atoms with Gasteiger partial charge in [-0.1, -0.05) is 6.42 Å². The van der Waals surface area contributed by atoms with Gasteiger partial charge in [-0.3, -0.25) is 4.79 Å². The molecule has 0 aromatic heterocycles. The smallest absolute Gasteiger partial charge is 0.240 e. The molecular weight excluding hydrogens is 276 g/mol. The van der Waals surface area contributed by atoms with Crippen LogP contribution < -0.4 is 10.0 Å². The van der Waals surface area contributed by atoms with E-state index < -0.39 is 10.0 Å². The van der Waals surface area contributed by atoms with Gasteiger partial charge < -0.3 is 5.32 Å². The Bertz CT molecular complexity index is 575. The largest absolute Gasteiger partial charge is 0.326 e. The van der Waals surface area contributed by atoms with Crippen LogP contribution in [0.4, 0.5) is 5.69 Å². The lowest BCUT2D eigenvalue weighted by atomic mass is 9.85. The monoisotopic (exact) mass is 296 g/mol. The van der Waals surface area contributed by atoms with Gasteiger partial charge in [-0.05, 0) is 51.0 Å². The first kappa shape index (κ1) is 15.0. The van der Waals surface area contributed by atoms with Crippen molar-refractivity contribution in [2.45, 2.75) is 44.0 Å². The molecule has 1 saturated carbocycles. The number of carbonyl (C=O) groups is 1. The highest BCUT2D eigenvalue weighted by Crippen LogP contribution is 2.27. The van der Waals surface area contributed by atoms with E-state index in [1.54, 1.807) is 26.0 Å². The molecule has 2 N–H and O–H groups in total. The molecule has 110 valence electrons. The Hall–Kier alpha value is -1.40. The van der Waals surface area contributed by atoms with E-state index in [9.17, 15) is 13.2 Å². The van der Waals surface area contributed by atoms with Crippen LogP contribution in [-0.2, 0) is 14.8 Å². The normalized spacial score (nSPS) is 15.9. The van der Waals surface area contributed by atoms with Gasteiger partial charge >= 0.3 is 0 Å². The second-order valence-corrected chi connectivity index (χ2v) is 7.13. The lowest BCUT2D eigenvalue weighted by Gasteiger charge is -2.24. The topological polar surface area (TPSA) is 75.3 Å². The van der Waals surface area contributed by atoms with Gasteiger partial charge in [-0.25, -0.2) is 13.1 Å². The molecule has 0 atom stereocenters. The highest BCUT2D eigenvalue weighted by Gasteiger charge is 2.25. The second kappa shape index (κ2) is 5.93. The molecule has 1 aromatic carbocycles. The van der Waals surface area contributed by atoms with Crippen LogP contribution in [0.1, 0.15) is 33.1 Å². The summed E-state index contributed by atoms with van der Waals surface area (Å²) < 4.78 is 26.4. The summed E-state index contributed by atoms with van der Waals surface area (Å²) in [7, 11) is -3.48. The molecule has 0 saturated heterocycles. The van der Waals surface area contributed by atoms with Crippen molar-refractivity contribution < 1.29 is 13.2 Å². The fraction of sp³-hybridized carbons (Fsp3) is 0.500. The number of hydrogen-bond donors (Lipinski definition) is 2. The molecule has 2 rings (SSSR count). The number of rotatable bonds is 5. The molecule has 1 aliphatic rings. The molecular formula is C14H20N2O3S. The van der Waals surface area contributed by atoms with Gasteiger partial charge in [-0.2, -0.15) is 0 Å². The van der Waals surface area contributed by atoms with Crippen molar-refractivity contribution in [2.24, 2.45) is 5.92 Å². The van der Waals surface area contributed by atoms with E-state index in [0.717, 1.165) is 19.3 Å². The number of amides is 1. The summed E-state index contributed by atoms with van der Waals surface area (Å²) in [5.41, 5.74) is 0.630. The summed E-state index contributed by atoms with van der Waals surface area (Å²) in [4.78, 5) is 12.0. The minimum absolute atomic E-state index is 0.0205. The van der Waals surface area contributed by atoms with Crippen LogP contribution >= 0.6 is 0 Å². The Morgan fingerprint density at radius 3 is 2.25 bits per heavy atom. The van der Waals surface area contributed by atoms with Crippen molar-refractivity contribution in [3.05, 3.63) is 24.3 Å². The molecule has 0 heterocycles. The zero-order valence-electron chi connectivity index (χ0n) is 11.7. The molecule has 6 heteroatoms.